The Labute approximate surface area is 171 Å². The van der Waals surface area contributed by atoms with Gasteiger partial charge in [0.05, 0.1) is 16.1 Å². The summed E-state index contributed by atoms with van der Waals surface area (Å²) in [6, 6.07) is 13.6. The fraction of sp³-hybridized carbons (Fsp3) is 0.0952. The molecule has 0 spiro atoms. The van der Waals surface area contributed by atoms with E-state index in [0.29, 0.717) is 24.0 Å². The molecule has 154 valence electrons. The largest absolute Gasteiger partial charge is 0.454 e. The van der Waals surface area contributed by atoms with Crippen LogP contribution >= 0.6 is 0 Å². The van der Waals surface area contributed by atoms with Gasteiger partial charge in [0.15, 0.2) is 17.4 Å². The van der Waals surface area contributed by atoms with Crippen LogP contribution in [-0.2, 0) is 10.0 Å². The van der Waals surface area contributed by atoms with E-state index in [9.17, 15) is 22.0 Å². The monoisotopic (exact) mass is 430 g/mol. The van der Waals surface area contributed by atoms with E-state index in [0.717, 1.165) is 12.1 Å². The standard InChI is InChI=1S/C21H16F2N2O4S/c1-2-25-18-5-3-4-6-20(18)29-19-10-7-13(11-15(19)21(25)26)24-30(27,28)14-8-9-16(22)17(23)12-14/h3-12,24H,2H2,1H3. The van der Waals surface area contributed by atoms with E-state index in [1.54, 1.807) is 24.3 Å². The number of benzene rings is 3. The van der Waals surface area contributed by atoms with Crippen LogP contribution in [0.2, 0.25) is 0 Å². The van der Waals surface area contributed by atoms with Crippen LogP contribution in [0.4, 0.5) is 20.2 Å². The first-order chi connectivity index (χ1) is 14.3. The first-order valence-electron chi connectivity index (χ1n) is 9.01. The first kappa shape index (κ1) is 19.8. The van der Waals surface area contributed by atoms with Gasteiger partial charge in [-0.3, -0.25) is 9.52 Å². The maximum absolute atomic E-state index is 13.4. The summed E-state index contributed by atoms with van der Waals surface area (Å²) < 4.78 is 59.8. The zero-order chi connectivity index (χ0) is 21.5. The summed E-state index contributed by atoms with van der Waals surface area (Å²) >= 11 is 0. The quantitative estimate of drug-likeness (QED) is 0.660. The van der Waals surface area contributed by atoms with Gasteiger partial charge in [-0.15, -0.1) is 0 Å². The van der Waals surface area contributed by atoms with Gasteiger partial charge in [0.25, 0.3) is 15.9 Å². The average Bonchev–Trinajstić information content (AvgIpc) is 2.83. The van der Waals surface area contributed by atoms with Crippen molar-refractivity contribution in [3.63, 3.8) is 0 Å². The lowest BCUT2D eigenvalue weighted by molar-refractivity contribution is 0.0988. The Hall–Kier alpha value is -3.46. The molecule has 3 aromatic rings. The van der Waals surface area contributed by atoms with Crippen LogP contribution in [0, 0.1) is 11.6 Å². The molecule has 6 nitrogen and oxygen atoms in total. The smallest absolute Gasteiger partial charge is 0.262 e. The van der Waals surface area contributed by atoms with Gasteiger partial charge in [-0.05, 0) is 55.5 Å². The fourth-order valence-corrected chi connectivity index (χ4v) is 4.22. The molecule has 9 heteroatoms. The molecule has 0 unspecified atom stereocenters. The highest BCUT2D eigenvalue weighted by atomic mass is 32.2. The molecule has 0 aliphatic carbocycles. The third kappa shape index (κ3) is 3.48. The molecule has 1 aliphatic rings. The van der Waals surface area contributed by atoms with Crippen molar-refractivity contribution in [2.24, 2.45) is 0 Å². The Morgan fingerprint density at radius 3 is 2.47 bits per heavy atom. The number of nitrogens with one attached hydrogen (secondary N) is 1. The van der Waals surface area contributed by atoms with Crippen molar-refractivity contribution in [3.8, 4) is 11.5 Å². The van der Waals surface area contributed by atoms with Crippen LogP contribution in [0.5, 0.6) is 11.5 Å². The maximum atomic E-state index is 13.4. The number of hydrogen-bond donors (Lipinski definition) is 1. The molecule has 1 N–H and O–H groups in total. The highest BCUT2D eigenvalue weighted by Crippen LogP contribution is 2.39. The zero-order valence-corrected chi connectivity index (χ0v) is 16.5. The summed E-state index contributed by atoms with van der Waals surface area (Å²) in [7, 11) is -4.20. The van der Waals surface area contributed by atoms with E-state index in [2.05, 4.69) is 4.72 Å². The number of fused-ring (bicyclic) bond motifs is 2. The molecule has 30 heavy (non-hydrogen) atoms. The summed E-state index contributed by atoms with van der Waals surface area (Å²) in [5.74, 6) is -2.01. The molecule has 0 saturated carbocycles. The van der Waals surface area contributed by atoms with Crippen molar-refractivity contribution in [1.82, 2.24) is 0 Å². The number of rotatable bonds is 4. The number of carbonyl (C=O) groups excluding carboxylic acids is 1. The summed E-state index contributed by atoms with van der Waals surface area (Å²) in [6.45, 7) is 2.19. The fourth-order valence-electron chi connectivity index (χ4n) is 3.16. The molecule has 1 amide bonds. The highest BCUT2D eigenvalue weighted by molar-refractivity contribution is 7.92. The van der Waals surface area contributed by atoms with Crippen molar-refractivity contribution in [1.29, 1.82) is 0 Å². The van der Waals surface area contributed by atoms with Crippen molar-refractivity contribution < 1.29 is 26.7 Å². The van der Waals surface area contributed by atoms with E-state index in [1.165, 1.54) is 23.1 Å². The molecule has 0 aromatic heterocycles. The van der Waals surface area contributed by atoms with Crippen molar-refractivity contribution >= 4 is 27.3 Å². The van der Waals surface area contributed by atoms with E-state index in [4.69, 9.17) is 4.74 Å². The second-order valence-electron chi connectivity index (χ2n) is 6.51. The first-order valence-corrected chi connectivity index (χ1v) is 10.5. The van der Waals surface area contributed by atoms with E-state index < -0.39 is 26.6 Å². The van der Waals surface area contributed by atoms with Gasteiger partial charge < -0.3 is 9.64 Å². The number of nitrogens with zero attached hydrogens (tertiary/aromatic N) is 1. The van der Waals surface area contributed by atoms with Gasteiger partial charge in [-0.1, -0.05) is 12.1 Å². The number of ether oxygens (including phenoxy) is 1. The number of amides is 1. The Bertz CT molecular complexity index is 1260. The van der Waals surface area contributed by atoms with Gasteiger partial charge in [0, 0.05) is 12.2 Å². The summed E-state index contributed by atoms with van der Waals surface area (Å²) in [5.41, 5.74) is 0.848. The molecule has 4 rings (SSSR count). The van der Waals surface area contributed by atoms with Crippen LogP contribution in [0.25, 0.3) is 0 Å². The number of hydrogen-bond acceptors (Lipinski definition) is 4. The number of sulfonamides is 1. The second kappa shape index (κ2) is 7.42. The number of para-hydroxylation sites is 2. The van der Waals surface area contributed by atoms with Crippen molar-refractivity contribution in [2.75, 3.05) is 16.2 Å². The molecule has 1 aliphatic heterocycles. The molecule has 0 fully saturated rings. The minimum atomic E-state index is -4.20. The predicted molar refractivity (Wildman–Crippen MR) is 107 cm³/mol. The third-order valence-corrected chi connectivity index (χ3v) is 5.98. The lowest BCUT2D eigenvalue weighted by Crippen LogP contribution is -2.29. The van der Waals surface area contributed by atoms with Crippen LogP contribution in [0.1, 0.15) is 17.3 Å². The normalized spacial score (nSPS) is 13.2. The number of carbonyl (C=O) groups is 1. The van der Waals surface area contributed by atoms with Crippen molar-refractivity contribution in [2.45, 2.75) is 11.8 Å². The highest BCUT2D eigenvalue weighted by Gasteiger charge is 2.28. The van der Waals surface area contributed by atoms with Crippen molar-refractivity contribution in [3.05, 3.63) is 77.9 Å². The summed E-state index contributed by atoms with van der Waals surface area (Å²) in [6.07, 6.45) is 0. The predicted octanol–water partition coefficient (Wildman–Crippen LogP) is 4.54. The van der Waals surface area contributed by atoms with Crippen LogP contribution < -0.4 is 14.4 Å². The van der Waals surface area contributed by atoms with Gasteiger partial charge in [0.1, 0.15) is 5.75 Å². The molecule has 0 saturated heterocycles. The number of halogens is 2. The van der Waals surface area contributed by atoms with E-state index in [1.807, 2.05) is 6.92 Å². The maximum Gasteiger partial charge on any atom is 0.262 e. The Morgan fingerprint density at radius 2 is 1.73 bits per heavy atom. The minimum absolute atomic E-state index is 0.0810. The van der Waals surface area contributed by atoms with E-state index in [-0.39, 0.29) is 22.9 Å². The van der Waals surface area contributed by atoms with E-state index >= 15 is 0 Å². The van der Waals surface area contributed by atoms with Crippen LogP contribution in [0.15, 0.2) is 65.6 Å². The number of anilines is 2. The molecule has 3 aromatic carbocycles. The van der Waals surface area contributed by atoms with Gasteiger partial charge in [-0.2, -0.15) is 0 Å². The Kier molecular flexibility index (Phi) is 4.90. The molecule has 0 atom stereocenters. The molecule has 1 heterocycles. The molecule has 0 bridgehead atoms. The Balaban J connectivity index is 1.72. The average molecular weight is 430 g/mol. The van der Waals surface area contributed by atoms with Crippen LogP contribution in [0.3, 0.4) is 0 Å². The lowest BCUT2D eigenvalue weighted by Gasteiger charge is -2.20. The third-order valence-electron chi connectivity index (χ3n) is 4.60. The lowest BCUT2D eigenvalue weighted by atomic mass is 10.1. The summed E-state index contributed by atoms with van der Waals surface area (Å²) in [5, 5.41) is 0. The Morgan fingerprint density at radius 1 is 0.967 bits per heavy atom. The van der Waals surface area contributed by atoms with Gasteiger partial charge in [-0.25, -0.2) is 17.2 Å². The molecule has 0 radical (unpaired) electrons. The SMILES string of the molecule is CCN1C(=O)c2cc(NS(=O)(=O)c3ccc(F)c(F)c3)ccc2Oc2ccccc21. The topological polar surface area (TPSA) is 75.7 Å². The molecular weight excluding hydrogens is 414 g/mol. The van der Waals surface area contributed by atoms with Crippen LogP contribution in [-0.4, -0.2) is 20.9 Å². The minimum Gasteiger partial charge on any atom is -0.454 e. The van der Waals surface area contributed by atoms with Gasteiger partial charge >= 0.3 is 0 Å². The summed E-state index contributed by atoms with van der Waals surface area (Å²) in [4.78, 5) is 14.2. The zero-order valence-electron chi connectivity index (χ0n) is 15.7. The molecular formula is C21H16F2N2O4S. The van der Waals surface area contributed by atoms with Gasteiger partial charge in [0.2, 0.25) is 0 Å². The second-order valence-corrected chi connectivity index (χ2v) is 8.19.